The fraction of sp³-hybridized carbons (Fsp3) is 0.500. The van der Waals surface area contributed by atoms with Gasteiger partial charge in [-0.15, -0.1) is 0 Å². The van der Waals surface area contributed by atoms with Crippen LogP contribution < -0.4 is 4.90 Å². The van der Waals surface area contributed by atoms with E-state index in [2.05, 4.69) is 47.1 Å². The number of benzene rings is 2. The normalized spacial score (nSPS) is 19.4. The Hall–Kier alpha value is -2.33. The van der Waals surface area contributed by atoms with Gasteiger partial charge in [-0.05, 0) is 67.5 Å². The van der Waals surface area contributed by atoms with E-state index in [1.165, 1.54) is 35.3 Å². The Labute approximate surface area is 180 Å². The summed E-state index contributed by atoms with van der Waals surface area (Å²) in [7, 11) is 0. The van der Waals surface area contributed by atoms with Crippen LogP contribution in [0.15, 0.2) is 48.5 Å². The number of rotatable bonds is 7. The number of carbonyl (C=O) groups is 1. The van der Waals surface area contributed by atoms with Crippen molar-refractivity contribution in [1.29, 1.82) is 0 Å². The fourth-order valence-corrected chi connectivity index (χ4v) is 4.72. The van der Waals surface area contributed by atoms with Gasteiger partial charge in [-0.3, -0.25) is 9.69 Å². The Balaban J connectivity index is 1.39. The molecule has 0 aromatic heterocycles. The van der Waals surface area contributed by atoms with Crippen LogP contribution >= 0.6 is 0 Å². The summed E-state index contributed by atoms with van der Waals surface area (Å²) in [6.45, 7) is 7.84. The van der Waals surface area contributed by atoms with Crippen LogP contribution in [0.5, 0.6) is 0 Å². The van der Waals surface area contributed by atoms with Crippen LogP contribution in [-0.4, -0.2) is 43.6 Å². The third-order valence-electron chi connectivity index (χ3n) is 6.40. The molecule has 1 fully saturated rings. The molecule has 2 aromatic rings. The van der Waals surface area contributed by atoms with Crippen molar-refractivity contribution >= 4 is 11.7 Å². The summed E-state index contributed by atoms with van der Waals surface area (Å²) in [6, 6.07) is 17.0. The molecule has 0 saturated carbocycles. The maximum absolute atomic E-state index is 12.5. The van der Waals surface area contributed by atoms with Gasteiger partial charge in [0.05, 0.1) is 0 Å². The van der Waals surface area contributed by atoms with Crippen molar-refractivity contribution in [3.8, 4) is 0 Å². The van der Waals surface area contributed by atoms with Crippen LogP contribution in [0.25, 0.3) is 0 Å². The fourth-order valence-electron chi connectivity index (χ4n) is 4.72. The Kier molecular flexibility index (Phi) is 7.06. The summed E-state index contributed by atoms with van der Waals surface area (Å²) in [5.74, 6) is -0.0877. The minimum atomic E-state index is -0.0987. The van der Waals surface area contributed by atoms with Crippen molar-refractivity contribution in [2.24, 2.45) is 0 Å². The zero-order valence-corrected chi connectivity index (χ0v) is 18.2. The smallest absolute Gasteiger partial charge is 0.306 e. The van der Waals surface area contributed by atoms with Crippen LogP contribution in [-0.2, 0) is 22.4 Å². The highest BCUT2D eigenvalue weighted by atomic mass is 16.5. The van der Waals surface area contributed by atoms with Crippen LogP contribution in [0.3, 0.4) is 0 Å². The zero-order valence-electron chi connectivity index (χ0n) is 18.2. The highest BCUT2D eigenvalue weighted by Gasteiger charge is 2.25. The monoisotopic (exact) mass is 406 g/mol. The topological polar surface area (TPSA) is 32.8 Å². The van der Waals surface area contributed by atoms with Crippen LogP contribution in [0, 0.1) is 0 Å². The second-order valence-corrected chi connectivity index (χ2v) is 8.57. The zero-order chi connectivity index (χ0) is 20.8. The number of nitrogens with zero attached hydrogens (tertiary/aromatic N) is 2. The number of piperazine rings is 1. The first-order valence-electron chi connectivity index (χ1n) is 11.6. The van der Waals surface area contributed by atoms with Gasteiger partial charge in [-0.2, -0.15) is 0 Å². The highest BCUT2D eigenvalue weighted by molar-refractivity contribution is 5.70. The molecule has 2 aliphatic rings. The number of carbonyl (C=O) groups excluding carboxylic acids is 1. The third kappa shape index (κ3) is 5.23. The molecule has 1 heterocycles. The molecular formula is C26H34N2O2. The SMILES string of the molecule is CCCN1CCN(c2ccc3c(c2)C(OC(=O)CCc2ccccc2)CCC3)CC1. The first-order valence-corrected chi connectivity index (χ1v) is 11.6. The van der Waals surface area contributed by atoms with Gasteiger partial charge in [-0.1, -0.05) is 43.3 Å². The lowest BCUT2D eigenvalue weighted by Gasteiger charge is -2.37. The molecule has 4 rings (SSSR count). The number of hydrogen-bond acceptors (Lipinski definition) is 4. The van der Waals surface area contributed by atoms with E-state index in [4.69, 9.17) is 4.74 Å². The molecule has 0 N–H and O–H groups in total. The molecule has 1 atom stereocenters. The number of ether oxygens (including phenoxy) is 1. The molecule has 4 nitrogen and oxygen atoms in total. The van der Waals surface area contributed by atoms with Gasteiger partial charge in [-0.25, -0.2) is 0 Å². The van der Waals surface area contributed by atoms with Crippen molar-refractivity contribution < 1.29 is 9.53 Å². The second-order valence-electron chi connectivity index (χ2n) is 8.57. The van der Waals surface area contributed by atoms with E-state index >= 15 is 0 Å². The van der Waals surface area contributed by atoms with E-state index in [1.807, 2.05) is 18.2 Å². The lowest BCUT2D eigenvalue weighted by Crippen LogP contribution is -2.46. The predicted octanol–water partition coefficient (Wildman–Crippen LogP) is 4.77. The van der Waals surface area contributed by atoms with E-state index in [1.54, 1.807) is 0 Å². The van der Waals surface area contributed by atoms with Crippen LogP contribution in [0.2, 0.25) is 0 Å². The Morgan fingerprint density at radius 3 is 2.63 bits per heavy atom. The van der Waals surface area contributed by atoms with Crippen molar-refractivity contribution in [2.45, 2.75) is 51.6 Å². The first-order chi connectivity index (χ1) is 14.7. The quantitative estimate of drug-likeness (QED) is 0.620. The first kappa shape index (κ1) is 20.9. The van der Waals surface area contributed by atoms with E-state index in [0.717, 1.165) is 51.9 Å². The third-order valence-corrected chi connectivity index (χ3v) is 6.40. The minimum absolute atomic E-state index is 0.0877. The lowest BCUT2D eigenvalue weighted by molar-refractivity contribution is -0.150. The number of anilines is 1. The molecule has 160 valence electrons. The summed E-state index contributed by atoms with van der Waals surface area (Å²) < 4.78 is 5.97. The number of aryl methyl sites for hydroxylation is 2. The molecule has 1 aliphatic carbocycles. The Morgan fingerprint density at radius 2 is 1.87 bits per heavy atom. The maximum Gasteiger partial charge on any atom is 0.306 e. The Bertz CT molecular complexity index is 828. The maximum atomic E-state index is 12.5. The van der Waals surface area contributed by atoms with E-state index < -0.39 is 0 Å². The van der Waals surface area contributed by atoms with Gasteiger partial charge < -0.3 is 9.64 Å². The lowest BCUT2D eigenvalue weighted by atomic mass is 9.88. The Morgan fingerprint density at radius 1 is 1.07 bits per heavy atom. The molecule has 30 heavy (non-hydrogen) atoms. The van der Waals surface area contributed by atoms with E-state index in [-0.39, 0.29) is 12.1 Å². The molecule has 0 amide bonds. The van der Waals surface area contributed by atoms with Gasteiger partial charge in [0, 0.05) is 38.3 Å². The molecule has 0 spiro atoms. The molecule has 4 heteroatoms. The van der Waals surface area contributed by atoms with Crippen LogP contribution in [0.4, 0.5) is 5.69 Å². The van der Waals surface area contributed by atoms with E-state index in [9.17, 15) is 4.79 Å². The molecule has 1 saturated heterocycles. The van der Waals surface area contributed by atoms with Gasteiger partial charge >= 0.3 is 5.97 Å². The summed E-state index contributed by atoms with van der Waals surface area (Å²) in [4.78, 5) is 17.6. The van der Waals surface area contributed by atoms with Crippen molar-refractivity contribution in [3.63, 3.8) is 0 Å². The number of esters is 1. The number of hydrogen-bond donors (Lipinski definition) is 0. The van der Waals surface area contributed by atoms with E-state index in [0.29, 0.717) is 6.42 Å². The van der Waals surface area contributed by atoms with Crippen molar-refractivity contribution in [1.82, 2.24) is 4.90 Å². The minimum Gasteiger partial charge on any atom is -0.457 e. The van der Waals surface area contributed by atoms with Gasteiger partial charge in [0.15, 0.2) is 0 Å². The molecule has 0 radical (unpaired) electrons. The van der Waals surface area contributed by atoms with Crippen LogP contribution in [0.1, 0.15) is 55.4 Å². The highest BCUT2D eigenvalue weighted by Crippen LogP contribution is 2.35. The molecular weight excluding hydrogens is 372 g/mol. The summed E-state index contributed by atoms with van der Waals surface area (Å²) in [5, 5.41) is 0. The summed E-state index contributed by atoms with van der Waals surface area (Å²) >= 11 is 0. The van der Waals surface area contributed by atoms with Gasteiger partial charge in [0.2, 0.25) is 0 Å². The average molecular weight is 407 g/mol. The summed E-state index contributed by atoms with van der Waals surface area (Å²) in [6.07, 6.45) is 5.39. The average Bonchev–Trinajstić information content (AvgIpc) is 2.79. The van der Waals surface area contributed by atoms with Crippen molar-refractivity contribution in [2.75, 3.05) is 37.6 Å². The number of fused-ring (bicyclic) bond motifs is 1. The van der Waals surface area contributed by atoms with Gasteiger partial charge in [0.1, 0.15) is 6.10 Å². The molecule has 1 aliphatic heterocycles. The largest absolute Gasteiger partial charge is 0.457 e. The predicted molar refractivity (Wildman–Crippen MR) is 122 cm³/mol. The second kappa shape index (κ2) is 10.1. The molecule has 1 unspecified atom stereocenters. The van der Waals surface area contributed by atoms with Gasteiger partial charge in [0.25, 0.3) is 0 Å². The summed E-state index contributed by atoms with van der Waals surface area (Å²) in [5.41, 5.74) is 5.03. The standard InChI is InChI=1S/C26H34N2O2/c1-2-15-27-16-18-28(19-17-27)23-13-12-22-9-6-10-25(24(22)20-23)30-26(29)14-11-21-7-4-3-5-8-21/h3-5,7-8,12-13,20,25H,2,6,9-11,14-19H2,1H3. The molecule has 0 bridgehead atoms. The van der Waals surface area contributed by atoms with Crippen molar-refractivity contribution in [3.05, 3.63) is 65.2 Å². The molecule has 2 aromatic carbocycles.